The second-order valence-corrected chi connectivity index (χ2v) is 6.00. The fourth-order valence-corrected chi connectivity index (χ4v) is 2.71. The van der Waals surface area contributed by atoms with Crippen molar-refractivity contribution in [1.82, 2.24) is 9.55 Å². The molecule has 1 amide bonds. The first-order valence-electron chi connectivity index (χ1n) is 8.57. The minimum atomic E-state index is -0.356. The van der Waals surface area contributed by atoms with E-state index in [1.54, 1.807) is 24.3 Å². The van der Waals surface area contributed by atoms with Gasteiger partial charge in [0.25, 0.3) is 0 Å². The number of hydrogen-bond donors (Lipinski definition) is 1. The van der Waals surface area contributed by atoms with E-state index in [1.807, 2.05) is 42.7 Å². The zero-order chi connectivity index (χ0) is 18.5. The maximum atomic E-state index is 12.4. The number of imidazole rings is 1. The Labute approximate surface area is 151 Å². The van der Waals surface area contributed by atoms with Gasteiger partial charge in [-0.3, -0.25) is 4.79 Å². The van der Waals surface area contributed by atoms with Crippen LogP contribution in [0.3, 0.4) is 0 Å². The number of carbonyl (C=O) groups excluding carboxylic acids is 2. The van der Waals surface area contributed by atoms with Crippen LogP contribution in [0.15, 0.2) is 48.5 Å². The Bertz CT molecular complexity index is 929. The fraction of sp³-hybridized carbons (Fsp3) is 0.250. The molecule has 0 aliphatic rings. The summed E-state index contributed by atoms with van der Waals surface area (Å²) < 4.78 is 6.96. The third-order valence-electron chi connectivity index (χ3n) is 3.99. The average molecular weight is 351 g/mol. The van der Waals surface area contributed by atoms with E-state index in [4.69, 9.17) is 4.74 Å². The maximum absolute atomic E-state index is 12.4. The molecule has 0 fully saturated rings. The van der Waals surface area contributed by atoms with E-state index in [1.165, 1.54) is 0 Å². The number of para-hydroxylation sites is 2. The normalized spacial score (nSPS) is 10.7. The number of anilines is 1. The number of carbonyl (C=O) groups is 2. The first-order chi connectivity index (χ1) is 12.6. The molecule has 0 spiro atoms. The van der Waals surface area contributed by atoms with Crippen LogP contribution in [0.2, 0.25) is 0 Å². The van der Waals surface area contributed by atoms with Crippen molar-refractivity contribution >= 4 is 28.6 Å². The van der Waals surface area contributed by atoms with Gasteiger partial charge in [0.2, 0.25) is 5.91 Å². The Morgan fingerprint density at radius 2 is 1.85 bits per heavy atom. The molecule has 0 atom stereocenters. The first-order valence-corrected chi connectivity index (χ1v) is 8.57. The number of benzene rings is 2. The molecule has 2 aromatic carbocycles. The number of aromatic nitrogens is 2. The number of hydrogen-bond acceptors (Lipinski definition) is 4. The third-order valence-corrected chi connectivity index (χ3v) is 3.99. The average Bonchev–Trinajstić information content (AvgIpc) is 2.96. The third kappa shape index (κ3) is 3.91. The van der Waals surface area contributed by atoms with E-state index in [9.17, 15) is 9.59 Å². The topological polar surface area (TPSA) is 73.2 Å². The number of rotatable bonds is 6. The number of amides is 1. The minimum absolute atomic E-state index is 0.155. The largest absolute Gasteiger partial charge is 0.462 e. The number of fused-ring (bicyclic) bond motifs is 1. The summed E-state index contributed by atoms with van der Waals surface area (Å²) in [6, 6.07) is 14.4. The summed E-state index contributed by atoms with van der Waals surface area (Å²) in [5.41, 5.74) is 2.89. The van der Waals surface area contributed by atoms with E-state index in [0.717, 1.165) is 23.3 Å². The highest BCUT2D eigenvalue weighted by atomic mass is 16.5. The lowest BCUT2D eigenvalue weighted by Gasteiger charge is -2.09. The van der Waals surface area contributed by atoms with E-state index in [-0.39, 0.29) is 18.4 Å². The Kier molecular flexibility index (Phi) is 5.31. The molecule has 0 aliphatic heterocycles. The van der Waals surface area contributed by atoms with Gasteiger partial charge in [0.05, 0.1) is 23.2 Å². The number of nitrogens with zero attached hydrogens (tertiary/aromatic N) is 2. The summed E-state index contributed by atoms with van der Waals surface area (Å²) in [6.07, 6.45) is 0.780. The molecule has 6 nitrogen and oxygen atoms in total. The van der Waals surface area contributed by atoms with Crippen LogP contribution in [0.4, 0.5) is 5.69 Å². The van der Waals surface area contributed by atoms with Crippen LogP contribution in [0.1, 0.15) is 29.5 Å². The molecule has 0 saturated carbocycles. The van der Waals surface area contributed by atoms with E-state index >= 15 is 0 Å². The van der Waals surface area contributed by atoms with Gasteiger partial charge in [0.15, 0.2) is 0 Å². The van der Waals surface area contributed by atoms with Crippen molar-refractivity contribution in [2.45, 2.75) is 26.8 Å². The van der Waals surface area contributed by atoms with Crippen molar-refractivity contribution in [2.24, 2.45) is 0 Å². The van der Waals surface area contributed by atoms with Crippen molar-refractivity contribution in [3.05, 3.63) is 59.9 Å². The molecule has 6 heteroatoms. The number of nitrogens with one attached hydrogen (secondary N) is 1. The Morgan fingerprint density at radius 3 is 2.58 bits per heavy atom. The summed E-state index contributed by atoms with van der Waals surface area (Å²) in [4.78, 5) is 28.6. The first kappa shape index (κ1) is 17.7. The monoisotopic (exact) mass is 351 g/mol. The van der Waals surface area contributed by atoms with E-state index < -0.39 is 0 Å². The summed E-state index contributed by atoms with van der Waals surface area (Å²) >= 11 is 0. The zero-order valence-electron chi connectivity index (χ0n) is 14.9. The molecule has 0 radical (unpaired) electrons. The van der Waals surface area contributed by atoms with Crippen molar-refractivity contribution in [3.63, 3.8) is 0 Å². The standard InChI is InChI=1S/C20H21N3O3/c1-3-12-26-20(25)15-8-10-16(11-9-15)22-19(24)13-23-14(2)21-17-6-4-5-7-18(17)23/h4-11H,3,12-13H2,1-2H3,(H,22,24). The van der Waals surface area contributed by atoms with Gasteiger partial charge in [-0.25, -0.2) is 9.78 Å². The van der Waals surface area contributed by atoms with Gasteiger partial charge in [0, 0.05) is 5.69 Å². The molecule has 1 heterocycles. The van der Waals surface area contributed by atoms with Gasteiger partial charge in [-0.1, -0.05) is 19.1 Å². The summed E-state index contributed by atoms with van der Waals surface area (Å²) in [5.74, 6) is 0.276. The lowest BCUT2D eigenvalue weighted by Crippen LogP contribution is -2.19. The molecule has 1 N–H and O–H groups in total. The van der Waals surface area contributed by atoms with Gasteiger partial charge in [-0.2, -0.15) is 0 Å². The molecular formula is C20H21N3O3. The molecule has 26 heavy (non-hydrogen) atoms. The fourth-order valence-electron chi connectivity index (χ4n) is 2.71. The SMILES string of the molecule is CCCOC(=O)c1ccc(NC(=O)Cn2c(C)nc3ccccc32)cc1. The predicted octanol–water partition coefficient (Wildman–Crippen LogP) is 3.55. The van der Waals surface area contributed by atoms with Gasteiger partial charge in [0.1, 0.15) is 12.4 Å². The van der Waals surface area contributed by atoms with Crippen molar-refractivity contribution in [3.8, 4) is 0 Å². The van der Waals surface area contributed by atoms with Crippen LogP contribution in [0.5, 0.6) is 0 Å². The molecule has 0 aliphatic carbocycles. The van der Waals surface area contributed by atoms with Crippen molar-refractivity contribution < 1.29 is 14.3 Å². The Morgan fingerprint density at radius 1 is 1.12 bits per heavy atom. The molecule has 0 bridgehead atoms. The minimum Gasteiger partial charge on any atom is -0.462 e. The van der Waals surface area contributed by atoms with Gasteiger partial charge in [-0.05, 0) is 49.7 Å². The zero-order valence-corrected chi connectivity index (χ0v) is 14.9. The molecule has 134 valence electrons. The van der Waals surface area contributed by atoms with Gasteiger partial charge >= 0.3 is 5.97 Å². The predicted molar refractivity (Wildman–Crippen MR) is 100 cm³/mol. The molecule has 0 saturated heterocycles. The second-order valence-electron chi connectivity index (χ2n) is 6.00. The quantitative estimate of drug-likeness (QED) is 0.689. The van der Waals surface area contributed by atoms with Gasteiger partial charge in [-0.15, -0.1) is 0 Å². The highest BCUT2D eigenvalue weighted by Crippen LogP contribution is 2.16. The lowest BCUT2D eigenvalue weighted by molar-refractivity contribution is -0.116. The lowest BCUT2D eigenvalue weighted by atomic mass is 10.2. The van der Waals surface area contributed by atoms with Crippen LogP contribution in [0.25, 0.3) is 11.0 Å². The molecule has 1 aromatic heterocycles. The Balaban J connectivity index is 1.66. The molecule has 3 aromatic rings. The van der Waals surface area contributed by atoms with Crippen LogP contribution in [-0.4, -0.2) is 28.0 Å². The number of ether oxygens (including phenoxy) is 1. The molecular weight excluding hydrogens is 330 g/mol. The summed E-state index contributed by atoms with van der Waals surface area (Å²) in [7, 11) is 0. The summed E-state index contributed by atoms with van der Waals surface area (Å²) in [6.45, 7) is 4.39. The van der Waals surface area contributed by atoms with Crippen LogP contribution in [-0.2, 0) is 16.1 Å². The van der Waals surface area contributed by atoms with E-state index in [0.29, 0.717) is 17.9 Å². The highest BCUT2D eigenvalue weighted by Gasteiger charge is 2.11. The second kappa shape index (κ2) is 7.82. The number of aryl methyl sites for hydroxylation is 1. The van der Waals surface area contributed by atoms with Crippen LogP contribution >= 0.6 is 0 Å². The molecule has 3 rings (SSSR count). The van der Waals surface area contributed by atoms with Crippen LogP contribution in [0, 0.1) is 6.92 Å². The number of esters is 1. The van der Waals surface area contributed by atoms with Crippen LogP contribution < -0.4 is 5.32 Å². The van der Waals surface area contributed by atoms with E-state index in [2.05, 4.69) is 10.3 Å². The Hall–Kier alpha value is -3.15. The van der Waals surface area contributed by atoms with Gasteiger partial charge < -0.3 is 14.6 Å². The molecule has 0 unspecified atom stereocenters. The van der Waals surface area contributed by atoms with Crippen molar-refractivity contribution in [2.75, 3.05) is 11.9 Å². The van der Waals surface area contributed by atoms with Crippen molar-refractivity contribution in [1.29, 1.82) is 0 Å². The highest BCUT2D eigenvalue weighted by molar-refractivity contribution is 5.93. The smallest absolute Gasteiger partial charge is 0.338 e. The maximum Gasteiger partial charge on any atom is 0.338 e. The summed E-state index contributed by atoms with van der Waals surface area (Å²) in [5, 5.41) is 2.84.